The van der Waals surface area contributed by atoms with Crippen molar-refractivity contribution in [2.24, 2.45) is 5.92 Å². The summed E-state index contributed by atoms with van der Waals surface area (Å²) in [5.74, 6) is -0.0270. The maximum absolute atomic E-state index is 13.5. The molecular weight excluding hydrogens is 328 g/mol. The first-order chi connectivity index (χ1) is 12.0. The van der Waals surface area contributed by atoms with Gasteiger partial charge in [-0.3, -0.25) is 0 Å². The van der Waals surface area contributed by atoms with Crippen molar-refractivity contribution in [1.82, 2.24) is 9.97 Å². The molecule has 1 aliphatic heterocycles. The van der Waals surface area contributed by atoms with Gasteiger partial charge in [-0.2, -0.15) is 0 Å². The highest BCUT2D eigenvalue weighted by molar-refractivity contribution is 5.99. The van der Waals surface area contributed by atoms with E-state index in [2.05, 4.69) is 32.4 Å². The smallest absolute Gasteiger partial charge is 0.323 e. The molecule has 2 N–H and O–H groups in total. The van der Waals surface area contributed by atoms with Crippen molar-refractivity contribution in [3.05, 3.63) is 42.2 Å². The van der Waals surface area contributed by atoms with E-state index in [0.29, 0.717) is 17.6 Å². The van der Waals surface area contributed by atoms with E-state index in [1.54, 1.807) is 0 Å². The Kier molecular flexibility index (Phi) is 5.06. The van der Waals surface area contributed by atoms with Gasteiger partial charge in [0.15, 0.2) is 0 Å². The molecule has 0 atom stereocenters. The van der Waals surface area contributed by atoms with Gasteiger partial charge in [0.05, 0.1) is 23.8 Å². The normalized spacial score (nSPS) is 15.1. The molecule has 0 spiro atoms. The van der Waals surface area contributed by atoms with Crippen LogP contribution >= 0.6 is 0 Å². The largest absolute Gasteiger partial charge is 0.341 e. The molecule has 1 aliphatic rings. The SMILES string of the molecule is CC1CCN(c2ncc(NC(=O)Nc3cc(F)ccc3F)cn2)CC1. The Hall–Kier alpha value is -2.77. The number of benzene rings is 1. The fourth-order valence-corrected chi connectivity index (χ4v) is 2.64. The van der Waals surface area contributed by atoms with Crippen molar-refractivity contribution in [3.8, 4) is 0 Å². The van der Waals surface area contributed by atoms with Gasteiger partial charge in [0.1, 0.15) is 11.6 Å². The highest BCUT2D eigenvalue weighted by atomic mass is 19.1. The Balaban J connectivity index is 1.59. The number of nitrogens with zero attached hydrogens (tertiary/aromatic N) is 3. The Bertz CT molecular complexity index is 745. The third-order valence-corrected chi connectivity index (χ3v) is 4.14. The van der Waals surface area contributed by atoms with Crippen LogP contribution in [0.4, 0.5) is 30.9 Å². The van der Waals surface area contributed by atoms with Gasteiger partial charge >= 0.3 is 6.03 Å². The van der Waals surface area contributed by atoms with Gasteiger partial charge in [-0.15, -0.1) is 0 Å². The number of rotatable bonds is 3. The highest BCUT2D eigenvalue weighted by Crippen LogP contribution is 2.20. The molecule has 0 radical (unpaired) electrons. The van der Waals surface area contributed by atoms with Crippen LogP contribution in [0.25, 0.3) is 0 Å². The molecule has 0 aliphatic carbocycles. The Morgan fingerprint density at radius 2 is 1.84 bits per heavy atom. The van der Waals surface area contributed by atoms with Gasteiger partial charge in [-0.1, -0.05) is 6.92 Å². The molecule has 2 amide bonds. The number of hydrogen-bond acceptors (Lipinski definition) is 4. The fraction of sp³-hybridized carbons (Fsp3) is 0.353. The second kappa shape index (κ2) is 7.42. The molecule has 6 nitrogen and oxygen atoms in total. The van der Waals surface area contributed by atoms with Crippen LogP contribution in [0.1, 0.15) is 19.8 Å². The number of aromatic nitrogens is 2. The zero-order chi connectivity index (χ0) is 17.8. The fourth-order valence-electron chi connectivity index (χ4n) is 2.64. The summed E-state index contributed by atoms with van der Waals surface area (Å²) in [6.45, 7) is 4.05. The summed E-state index contributed by atoms with van der Waals surface area (Å²) < 4.78 is 26.6. The summed E-state index contributed by atoms with van der Waals surface area (Å²) in [4.78, 5) is 22.5. The number of amides is 2. The first kappa shape index (κ1) is 17.1. The molecule has 3 rings (SSSR count). The lowest BCUT2D eigenvalue weighted by Crippen LogP contribution is -2.34. The van der Waals surface area contributed by atoms with E-state index in [4.69, 9.17) is 0 Å². The molecule has 1 aromatic carbocycles. The second-order valence-electron chi connectivity index (χ2n) is 6.14. The predicted molar refractivity (Wildman–Crippen MR) is 91.6 cm³/mol. The van der Waals surface area contributed by atoms with Crippen LogP contribution in [0.2, 0.25) is 0 Å². The van der Waals surface area contributed by atoms with Crippen molar-refractivity contribution < 1.29 is 13.6 Å². The second-order valence-corrected chi connectivity index (χ2v) is 6.14. The van der Waals surface area contributed by atoms with Crippen LogP contribution in [0.5, 0.6) is 0 Å². The number of halogens is 2. The van der Waals surface area contributed by atoms with Gasteiger partial charge in [0.2, 0.25) is 5.95 Å². The molecule has 0 unspecified atom stereocenters. The zero-order valence-electron chi connectivity index (χ0n) is 13.8. The van der Waals surface area contributed by atoms with E-state index < -0.39 is 17.7 Å². The van der Waals surface area contributed by atoms with Crippen LogP contribution in [0.3, 0.4) is 0 Å². The van der Waals surface area contributed by atoms with Gasteiger partial charge in [0, 0.05) is 19.2 Å². The lowest BCUT2D eigenvalue weighted by Gasteiger charge is -2.30. The first-order valence-electron chi connectivity index (χ1n) is 8.11. The molecule has 2 aromatic rings. The topological polar surface area (TPSA) is 70.2 Å². The lowest BCUT2D eigenvalue weighted by molar-refractivity contribution is 0.262. The number of anilines is 3. The maximum Gasteiger partial charge on any atom is 0.323 e. The zero-order valence-corrected chi connectivity index (χ0v) is 13.8. The van der Waals surface area contributed by atoms with Crippen molar-refractivity contribution in [2.45, 2.75) is 19.8 Å². The van der Waals surface area contributed by atoms with Crippen molar-refractivity contribution >= 4 is 23.4 Å². The van der Waals surface area contributed by atoms with Crippen LogP contribution in [0, 0.1) is 17.6 Å². The Morgan fingerprint density at radius 1 is 1.16 bits per heavy atom. The van der Waals surface area contributed by atoms with Crippen molar-refractivity contribution in [3.63, 3.8) is 0 Å². The molecule has 8 heteroatoms. The first-order valence-corrected chi connectivity index (χ1v) is 8.11. The summed E-state index contributed by atoms with van der Waals surface area (Å²) in [6, 6.07) is 2.13. The van der Waals surface area contributed by atoms with Gasteiger partial charge in [-0.25, -0.2) is 23.5 Å². The summed E-state index contributed by atoms with van der Waals surface area (Å²) >= 11 is 0. The minimum Gasteiger partial charge on any atom is -0.341 e. The van der Waals surface area contributed by atoms with E-state index in [1.807, 2.05) is 0 Å². The number of hydrogen-bond donors (Lipinski definition) is 2. The average Bonchev–Trinajstić information content (AvgIpc) is 2.59. The Labute approximate surface area is 144 Å². The molecule has 0 saturated carbocycles. The number of nitrogens with one attached hydrogen (secondary N) is 2. The number of piperidine rings is 1. The summed E-state index contributed by atoms with van der Waals surface area (Å²) in [6.07, 6.45) is 5.18. The molecular formula is C17H19F2N5O. The van der Waals surface area contributed by atoms with Gasteiger partial charge < -0.3 is 15.5 Å². The summed E-state index contributed by atoms with van der Waals surface area (Å²) in [5.41, 5.74) is 0.126. The van der Waals surface area contributed by atoms with Crippen LogP contribution in [0.15, 0.2) is 30.6 Å². The van der Waals surface area contributed by atoms with Crippen LogP contribution < -0.4 is 15.5 Å². The molecule has 132 valence electrons. The van der Waals surface area contributed by atoms with E-state index >= 15 is 0 Å². The standard InChI is InChI=1S/C17H19F2N5O/c1-11-4-6-24(7-5-11)16-20-9-13(10-21-16)22-17(25)23-15-8-12(18)2-3-14(15)19/h2-3,8-11H,4-7H2,1H3,(H2,22,23,25). The van der Waals surface area contributed by atoms with Crippen LogP contribution in [-0.4, -0.2) is 29.1 Å². The predicted octanol–water partition coefficient (Wildman–Crippen LogP) is 3.64. The van der Waals surface area contributed by atoms with E-state index in [0.717, 1.165) is 44.1 Å². The quantitative estimate of drug-likeness (QED) is 0.889. The number of carbonyl (C=O) groups is 1. The summed E-state index contributed by atoms with van der Waals surface area (Å²) in [5, 5.41) is 4.74. The van der Waals surface area contributed by atoms with E-state index in [9.17, 15) is 13.6 Å². The van der Waals surface area contributed by atoms with Crippen molar-refractivity contribution in [2.75, 3.05) is 28.6 Å². The number of carbonyl (C=O) groups excluding carboxylic acids is 1. The average molecular weight is 347 g/mol. The van der Waals surface area contributed by atoms with Crippen LogP contribution in [-0.2, 0) is 0 Å². The highest BCUT2D eigenvalue weighted by Gasteiger charge is 2.18. The number of urea groups is 1. The minimum absolute atomic E-state index is 0.238. The third kappa shape index (κ3) is 4.40. The third-order valence-electron chi connectivity index (χ3n) is 4.14. The van der Waals surface area contributed by atoms with E-state index in [-0.39, 0.29) is 5.69 Å². The minimum atomic E-state index is -0.720. The molecule has 1 saturated heterocycles. The van der Waals surface area contributed by atoms with Gasteiger partial charge in [-0.05, 0) is 30.9 Å². The molecule has 0 bridgehead atoms. The molecule has 1 fully saturated rings. The van der Waals surface area contributed by atoms with Crippen molar-refractivity contribution in [1.29, 1.82) is 0 Å². The lowest BCUT2D eigenvalue weighted by atomic mass is 10.00. The maximum atomic E-state index is 13.5. The summed E-state index contributed by atoms with van der Waals surface area (Å²) in [7, 11) is 0. The molecule has 1 aromatic heterocycles. The Morgan fingerprint density at radius 3 is 2.52 bits per heavy atom. The monoisotopic (exact) mass is 347 g/mol. The molecule has 2 heterocycles. The molecule has 25 heavy (non-hydrogen) atoms. The van der Waals surface area contributed by atoms with E-state index in [1.165, 1.54) is 12.4 Å². The van der Waals surface area contributed by atoms with Gasteiger partial charge in [0.25, 0.3) is 0 Å².